The van der Waals surface area contributed by atoms with Gasteiger partial charge in [-0.15, -0.1) is 11.6 Å². The van der Waals surface area contributed by atoms with E-state index in [-0.39, 0.29) is 74.4 Å². The topological polar surface area (TPSA) is 212 Å². The number of nitrogens with one attached hydrogen (secondary N) is 3. The van der Waals surface area contributed by atoms with Crippen LogP contribution in [-0.4, -0.2) is 114 Å². The first-order valence-corrected chi connectivity index (χ1v) is 16.5. The minimum atomic E-state index is -0.872. The largest absolute Gasteiger partial charge is 0.394 e. The molecule has 3 heterocycles. The van der Waals surface area contributed by atoms with Gasteiger partial charge >= 0.3 is 0 Å². The number of nitrogens with zero attached hydrogens (tertiary/aromatic N) is 2. The molecule has 0 radical (unpaired) electrons. The minimum Gasteiger partial charge on any atom is -0.394 e. The molecule has 16 heteroatoms. The Morgan fingerprint density at radius 3 is 2.40 bits per heavy atom. The molecule has 3 atom stereocenters. The van der Waals surface area contributed by atoms with Gasteiger partial charge in [0.05, 0.1) is 50.1 Å². The monoisotopic (exact) mass is 682 g/mol. The van der Waals surface area contributed by atoms with Crippen LogP contribution in [-0.2, 0) is 28.5 Å². The number of nitrogen functional groups attached to an aromatic ring is 1. The summed E-state index contributed by atoms with van der Waals surface area (Å²) < 4.78 is 23.7. The third-order valence-corrected chi connectivity index (χ3v) is 7.55. The van der Waals surface area contributed by atoms with Gasteiger partial charge in [0.2, 0.25) is 17.8 Å². The lowest BCUT2D eigenvalue weighted by molar-refractivity contribution is -0.122. The second-order valence-electron chi connectivity index (χ2n) is 11.0. The van der Waals surface area contributed by atoms with E-state index in [0.717, 1.165) is 25.7 Å². The summed E-state index contributed by atoms with van der Waals surface area (Å²) >= 11 is 5.65. The first-order valence-electron chi connectivity index (χ1n) is 16.0. The third kappa shape index (κ3) is 13.4. The number of nitrogens with two attached hydrogens (primary N) is 1. The molecule has 1 aliphatic heterocycles. The molecule has 0 aliphatic carbocycles. The molecule has 1 fully saturated rings. The Bertz CT molecular complexity index is 1370. The van der Waals surface area contributed by atoms with Gasteiger partial charge in [-0.25, -0.2) is 0 Å². The van der Waals surface area contributed by atoms with Crippen molar-refractivity contribution in [2.24, 2.45) is 0 Å². The molecular weight excluding hydrogens is 636 g/mol. The maximum absolute atomic E-state index is 12.6. The van der Waals surface area contributed by atoms with E-state index >= 15 is 0 Å². The molecule has 2 aromatic heterocycles. The zero-order chi connectivity index (χ0) is 33.9. The van der Waals surface area contributed by atoms with Crippen molar-refractivity contribution in [2.75, 3.05) is 71.0 Å². The summed E-state index contributed by atoms with van der Waals surface area (Å²) in [6.45, 7) is 2.70. The maximum Gasteiger partial charge on any atom is 0.263 e. The standard InChI is InChI=1S/C31H47ClN6O9/c32-10-3-1-2-4-13-45-17-18-46-16-12-35-26(42)9-5-8-25(41)34-11-15-44-14-6-7-22-20-38(27-19-23(40)24(21-39)47-27)29-28(22)30(43)37-31(33)36-29/h20,23-24,27,39-40H,1-5,8-19,21H2,(H,34,41)(H,35,42)(H3,33,36,37,43)/t23?,24-,27-/m1/s1. The number of carbonyl (C=O) groups is 2. The molecule has 0 saturated carbocycles. The summed E-state index contributed by atoms with van der Waals surface area (Å²) in [7, 11) is 0. The van der Waals surface area contributed by atoms with Crippen molar-refractivity contribution in [1.29, 1.82) is 0 Å². The second-order valence-corrected chi connectivity index (χ2v) is 11.3. The van der Waals surface area contributed by atoms with Crippen LogP contribution in [0.25, 0.3) is 11.0 Å². The van der Waals surface area contributed by atoms with Gasteiger partial charge in [-0.1, -0.05) is 24.7 Å². The fraction of sp³-hybridized carbons (Fsp3) is 0.677. The van der Waals surface area contributed by atoms with Gasteiger partial charge in [0.15, 0.2) is 5.65 Å². The van der Waals surface area contributed by atoms with Crippen LogP contribution in [0.3, 0.4) is 0 Å². The summed E-state index contributed by atoms with van der Waals surface area (Å²) in [6, 6.07) is 0. The van der Waals surface area contributed by atoms with Gasteiger partial charge in [0.1, 0.15) is 18.9 Å². The Kier molecular flexibility index (Phi) is 17.6. The van der Waals surface area contributed by atoms with Crippen molar-refractivity contribution in [3.05, 3.63) is 22.1 Å². The Hall–Kier alpha value is -3.23. The van der Waals surface area contributed by atoms with Crippen LogP contribution in [0.4, 0.5) is 5.95 Å². The molecule has 0 spiro atoms. The number of carbonyl (C=O) groups excluding carboxylic acids is 2. The van der Waals surface area contributed by atoms with E-state index in [4.69, 9.17) is 36.3 Å². The molecule has 1 saturated heterocycles. The minimum absolute atomic E-state index is 0.0421. The number of ether oxygens (including phenoxy) is 4. The number of fused-ring (bicyclic) bond motifs is 1. The van der Waals surface area contributed by atoms with E-state index in [1.807, 2.05) is 0 Å². The average Bonchev–Trinajstić information content (AvgIpc) is 3.60. The van der Waals surface area contributed by atoms with Gasteiger partial charge in [0, 0.05) is 51.0 Å². The van der Waals surface area contributed by atoms with E-state index in [0.29, 0.717) is 50.8 Å². The lowest BCUT2D eigenvalue weighted by Crippen LogP contribution is -2.29. The zero-order valence-electron chi connectivity index (χ0n) is 26.6. The molecule has 2 amide bonds. The first kappa shape index (κ1) is 38.2. The van der Waals surface area contributed by atoms with Crippen molar-refractivity contribution in [2.45, 2.75) is 69.8 Å². The molecular formula is C31H47ClN6O9. The van der Waals surface area contributed by atoms with Crippen LogP contribution in [0.15, 0.2) is 11.0 Å². The number of aliphatic hydroxyl groups excluding tert-OH is 2. The van der Waals surface area contributed by atoms with Gasteiger partial charge in [-0.3, -0.25) is 19.4 Å². The molecule has 15 nitrogen and oxygen atoms in total. The molecule has 262 valence electrons. The lowest BCUT2D eigenvalue weighted by Gasteiger charge is -2.14. The van der Waals surface area contributed by atoms with Crippen LogP contribution in [0, 0.1) is 11.8 Å². The van der Waals surface area contributed by atoms with Gasteiger partial charge in [-0.2, -0.15) is 4.98 Å². The number of hydrogen-bond acceptors (Lipinski definition) is 11. The number of hydrogen-bond donors (Lipinski definition) is 6. The number of rotatable bonds is 22. The quantitative estimate of drug-likeness (QED) is 0.0573. The second kappa shape index (κ2) is 21.6. The van der Waals surface area contributed by atoms with Crippen molar-refractivity contribution < 1.29 is 38.7 Å². The van der Waals surface area contributed by atoms with Crippen molar-refractivity contribution in [3.8, 4) is 11.8 Å². The fourth-order valence-corrected chi connectivity index (χ4v) is 5.07. The number of aliphatic hydroxyl groups is 2. The lowest BCUT2D eigenvalue weighted by atomic mass is 10.2. The number of aromatic nitrogens is 3. The van der Waals surface area contributed by atoms with Crippen LogP contribution in [0.1, 0.15) is 63.2 Å². The molecule has 0 bridgehead atoms. The van der Waals surface area contributed by atoms with Gasteiger partial charge < -0.3 is 50.1 Å². The molecule has 1 aliphatic rings. The van der Waals surface area contributed by atoms with Crippen molar-refractivity contribution in [1.82, 2.24) is 25.2 Å². The Balaban J connectivity index is 1.25. The molecule has 47 heavy (non-hydrogen) atoms. The summed E-state index contributed by atoms with van der Waals surface area (Å²) in [5.41, 5.74) is 5.89. The van der Waals surface area contributed by atoms with E-state index in [1.54, 1.807) is 10.8 Å². The highest BCUT2D eigenvalue weighted by Gasteiger charge is 2.35. The SMILES string of the molecule is Nc1nc2c(c(C#CCOCCNC(=O)CCCC(=O)NCCOCCOCCCCCCCl)cn2[C@H]2CC(O)[C@@H](CO)O2)c(=O)[nH]1. The Morgan fingerprint density at radius 1 is 1.04 bits per heavy atom. The van der Waals surface area contributed by atoms with E-state index < -0.39 is 24.0 Å². The smallest absolute Gasteiger partial charge is 0.263 e. The normalized spacial score (nSPS) is 17.5. The van der Waals surface area contributed by atoms with Crippen LogP contribution < -0.4 is 21.9 Å². The number of unbranched alkanes of at least 4 members (excludes halogenated alkanes) is 3. The Labute approximate surface area is 278 Å². The number of halogens is 1. The molecule has 2 aromatic rings. The summed E-state index contributed by atoms with van der Waals surface area (Å²) in [5.74, 6) is 6.05. The Morgan fingerprint density at radius 2 is 1.72 bits per heavy atom. The molecule has 0 aromatic carbocycles. The maximum atomic E-state index is 12.6. The molecule has 7 N–H and O–H groups in total. The van der Waals surface area contributed by atoms with Crippen molar-refractivity contribution >= 4 is 40.4 Å². The molecule has 1 unspecified atom stereocenters. The van der Waals surface area contributed by atoms with Crippen molar-refractivity contribution in [3.63, 3.8) is 0 Å². The van der Waals surface area contributed by atoms with E-state index in [9.17, 15) is 24.6 Å². The number of alkyl halides is 1. The predicted octanol–water partition coefficient (Wildman–Crippen LogP) is 0.551. The zero-order valence-corrected chi connectivity index (χ0v) is 27.4. The van der Waals surface area contributed by atoms with Gasteiger partial charge in [-0.05, 0) is 19.3 Å². The number of anilines is 1. The predicted molar refractivity (Wildman–Crippen MR) is 175 cm³/mol. The molecule has 3 rings (SSSR count). The van der Waals surface area contributed by atoms with Crippen LogP contribution in [0.5, 0.6) is 0 Å². The third-order valence-electron chi connectivity index (χ3n) is 7.28. The average molecular weight is 683 g/mol. The summed E-state index contributed by atoms with van der Waals surface area (Å²) in [5, 5.41) is 25.3. The number of amides is 2. The summed E-state index contributed by atoms with van der Waals surface area (Å²) in [4.78, 5) is 43.3. The number of aromatic amines is 1. The highest BCUT2D eigenvalue weighted by molar-refractivity contribution is 6.17. The van der Waals surface area contributed by atoms with Gasteiger partial charge in [0.25, 0.3) is 5.56 Å². The fourth-order valence-electron chi connectivity index (χ4n) is 4.88. The first-order chi connectivity index (χ1) is 22.8. The van der Waals surface area contributed by atoms with Crippen LogP contribution >= 0.6 is 11.6 Å². The summed E-state index contributed by atoms with van der Waals surface area (Å²) in [6.07, 6.45) is 4.67. The highest BCUT2D eigenvalue weighted by atomic mass is 35.5. The number of H-pyrrole nitrogens is 1. The highest BCUT2D eigenvalue weighted by Crippen LogP contribution is 2.32. The van der Waals surface area contributed by atoms with E-state index in [2.05, 4.69) is 32.4 Å². The van der Waals surface area contributed by atoms with E-state index in [1.165, 1.54) is 0 Å². The van der Waals surface area contributed by atoms with Crippen LogP contribution in [0.2, 0.25) is 0 Å².